The fraction of sp³-hybridized carbons (Fsp3) is 0.632. The first-order valence-electron chi connectivity index (χ1n) is 8.51. The topological polar surface area (TPSA) is 55.4 Å². The quantitative estimate of drug-likeness (QED) is 0.692. The molecule has 1 aromatic rings. The van der Waals surface area contributed by atoms with Crippen LogP contribution in [-0.4, -0.2) is 34.8 Å². The molecule has 0 unspecified atom stereocenters. The molecule has 0 saturated carbocycles. The molecule has 1 aromatic carbocycles. The van der Waals surface area contributed by atoms with E-state index >= 15 is 0 Å². The molecule has 0 heterocycles. The second-order valence-corrected chi connectivity index (χ2v) is 8.82. The maximum atomic E-state index is 11.8. The molecule has 0 spiro atoms. The zero-order valence-electron chi connectivity index (χ0n) is 15.6. The van der Waals surface area contributed by atoms with Crippen molar-refractivity contribution in [1.82, 2.24) is 5.32 Å². The van der Waals surface area contributed by atoms with Crippen molar-refractivity contribution in [2.75, 3.05) is 18.6 Å². The average Bonchev–Trinajstić information content (AvgIpc) is 2.49. The summed E-state index contributed by atoms with van der Waals surface area (Å²) in [7, 11) is -0.808. The van der Waals surface area contributed by atoms with Crippen LogP contribution in [0.4, 0.5) is 0 Å². The lowest BCUT2D eigenvalue weighted by atomic mass is 9.87. The summed E-state index contributed by atoms with van der Waals surface area (Å²) in [4.78, 5) is 11.8. The van der Waals surface area contributed by atoms with E-state index in [1.165, 1.54) is 5.56 Å². The van der Waals surface area contributed by atoms with Gasteiger partial charge in [-0.25, -0.2) is 0 Å². The minimum Gasteiger partial charge on any atom is -0.494 e. The van der Waals surface area contributed by atoms with Crippen molar-refractivity contribution in [3.63, 3.8) is 0 Å². The van der Waals surface area contributed by atoms with Crippen molar-refractivity contribution >= 4 is 16.7 Å². The minimum absolute atomic E-state index is 0.0241. The molecule has 0 bridgehead atoms. The Morgan fingerprint density at radius 2 is 1.88 bits per heavy atom. The minimum atomic E-state index is -0.808. The Kier molecular flexibility index (Phi) is 8.46. The number of carbonyl (C=O) groups is 1. The highest BCUT2D eigenvalue weighted by Crippen LogP contribution is 2.24. The number of nitrogens with one attached hydrogen (secondary N) is 1. The lowest BCUT2D eigenvalue weighted by molar-refractivity contribution is -0.121. The highest BCUT2D eigenvalue weighted by molar-refractivity contribution is 7.84. The second kappa shape index (κ2) is 9.82. The Bertz CT molecular complexity index is 535. The first-order valence-corrected chi connectivity index (χ1v) is 10.2. The highest BCUT2D eigenvalue weighted by atomic mass is 32.2. The van der Waals surface area contributed by atoms with Crippen LogP contribution in [0, 0.1) is 0 Å². The Hall–Kier alpha value is -1.36. The van der Waals surface area contributed by atoms with Crippen LogP contribution in [0.3, 0.4) is 0 Å². The molecule has 1 N–H and O–H groups in total. The van der Waals surface area contributed by atoms with E-state index in [0.29, 0.717) is 25.2 Å². The lowest BCUT2D eigenvalue weighted by Gasteiger charge is -2.19. The molecule has 0 fully saturated rings. The Labute approximate surface area is 148 Å². The number of carbonyl (C=O) groups excluding carboxylic acids is 1. The molecule has 1 rings (SSSR count). The smallest absolute Gasteiger partial charge is 0.220 e. The molecule has 0 aromatic heterocycles. The van der Waals surface area contributed by atoms with E-state index in [0.717, 1.165) is 12.2 Å². The summed E-state index contributed by atoms with van der Waals surface area (Å²) in [6.45, 7) is 9.01. The van der Waals surface area contributed by atoms with Crippen LogP contribution in [0.5, 0.6) is 5.75 Å². The van der Waals surface area contributed by atoms with Crippen LogP contribution >= 0.6 is 0 Å². The lowest BCUT2D eigenvalue weighted by Crippen LogP contribution is -2.33. The van der Waals surface area contributed by atoms with Gasteiger partial charge in [0.15, 0.2) is 0 Å². The summed E-state index contributed by atoms with van der Waals surface area (Å²) in [6, 6.07) is 8.19. The van der Waals surface area contributed by atoms with Gasteiger partial charge in [-0.05, 0) is 42.9 Å². The number of hydrogen-bond acceptors (Lipinski definition) is 3. The summed E-state index contributed by atoms with van der Waals surface area (Å²) < 4.78 is 16.7. The van der Waals surface area contributed by atoms with Crippen LogP contribution < -0.4 is 10.1 Å². The maximum Gasteiger partial charge on any atom is 0.220 e. The van der Waals surface area contributed by atoms with E-state index in [-0.39, 0.29) is 17.4 Å². The van der Waals surface area contributed by atoms with Gasteiger partial charge in [0.1, 0.15) is 5.75 Å². The van der Waals surface area contributed by atoms with Gasteiger partial charge >= 0.3 is 0 Å². The maximum absolute atomic E-state index is 11.8. The molecular formula is C19H31NO3S. The predicted octanol–water partition coefficient (Wildman–Crippen LogP) is 3.42. The van der Waals surface area contributed by atoms with Crippen LogP contribution in [-0.2, 0) is 21.0 Å². The third-order valence-corrected chi connectivity index (χ3v) is 4.59. The fourth-order valence-corrected chi connectivity index (χ4v) is 2.92. The van der Waals surface area contributed by atoms with Crippen molar-refractivity contribution in [3.8, 4) is 5.75 Å². The van der Waals surface area contributed by atoms with Crippen molar-refractivity contribution in [3.05, 3.63) is 29.8 Å². The van der Waals surface area contributed by atoms with Crippen LogP contribution in [0.25, 0.3) is 0 Å². The summed E-state index contributed by atoms with van der Waals surface area (Å²) in [5.74, 6) is 1.48. The van der Waals surface area contributed by atoms with Gasteiger partial charge in [0.2, 0.25) is 5.91 Å². The predicted molar refractivity (Wildman–Crippen MR) is 101 cm³/mol. The van der Waals surface area contributed by atoms with Crippen LogP contribution in [0.15, 0.2) is 24.3 Å². The molecule has 24 heavy (non-hydrogen) atoms. The molecule has 5 heteroatoms. The number of ether oxygens (including phenoxy) is 1. The Morgan fingerprint density at radius 1 is 1.25 bits per heavy atom. The van der Waals surface area contributed by atoms with Gasteiger partial charge in [0.05, 0.1) is 6.61 Å². The molecule has 1 amide bonds. The van der Waals surface area contributed by atoms with Gasteiger partial charge in [-0.3, -0.25) is 9.00 Å². The summed E-state index contributed by atoms with van der Waals surface area (Å²) in [5, 5.41) is 2.93. The number of amides is 1. The monoisotopic (exact) mass is 353 g/mol. The zero-order valence-corrected chi connectivity index (χ0v) is 16.4. The van der Waals surface area contributed by atoms with Crippen molar-refractivity contribution in [2.45, 2.75) is 58.4 Å². The number of benzene rings is 1. The van der Waals surface area contributed by atoms with Gasteiger partial charge in [-0.15, -0.1) is 0 Å². The van der Waals surface area contributed by atoms with Gasteiger partial charge in [0.25, 0.3) is 0 Å². The molecule has 4 nitrogen and oxygen atoms in total. The molecule has 0 aliphatic carbocycles. The van der Waals surface area contributed by atoms with Gasteiger partial charge in [0, 0.05) is 35.3 Å². The van der Waals surface area contributed by atoms with Crippen molar-refractivity contribution in [2.24, 2.45) is 0 Å². The molecule has 0 saturated heterocycles. The normalized spacial score (nSPS) is 14.0. The summed E-state index contributed by atoms with van der Waals surface area (Å²) >= 11 is 0. The Balaban J connectivity index is 2.23. The van der Waals surface area contributed by atoms with Gasteiger partial charge in [-0.1, -0.05) is 32.9 Å². The van der Waals surface area contributed by atoms with Gasteiger partial charge < -0.3 is 10.1 Å². The first-order chi connectivity index (χ1) is 11.2. The van der Waals surface area contributed by atoms with Gasteiger partial charge in [-0.2, -0.15) is 0 Å². The van der Waals surface area contributed by atoms with Crippen LogP contribution in [0.2, 0.25) is 0 Å². The van der Waals surface area contributed by atoms with E-state index < -0.39 is 10.8 Å². The number of rotatable bonds is 9. The molecule has 0 radical (unpaired) electrons. The summed E-state index contributed by atoms with van der Waals surface area (Å²) in [5.41, 5.74) is 1.41. The molecule has 2 atom stereocenters. The zero-order chi connectivity index (χ0) is 18.2. The van der Waals surface area contributed by atoms with E-state index in [1.54, 1.807) is 6.26 Å². The molecular weight excluding hydrogens is 322 g/mol. The third kappa shape index (κ3) is 8.48. The second-order valence-electron chi connectivity index (χ2n) is 7.26. The SMILES string of the molecule is C[C@@H](CC[S@](C)=O)NC(=O)CCCOc1ccc(C(C)(C)C)cc1. The average molecular weight is 354 g/mol. The highest BCUT2D eigenvalue weighted by Gasteiger charge is 2.13. The van der Waals surface area contributed by atoms with Crippen LogP contribution in [0.1, 0.15) is 52.5 Å². The first kappa shape index (κ1) is 20.7. The Morgan fingerprint density at radius 3 is 2.42 bits per heavy atom. The van der Waals surface area contributed by atoms with Crippen molar-refractivity contribution in [1.29, 1.82) is 0 Å². The largest absolute Gasteiger partial charge is 0.494 e. The summed E-state index contributed by atoms with van der Waals surface area (Å²) in [6.07, 6.45) is 3.55. The fourth-order valence-electron chi connectivity index (χ4n) is 2.24. The van der Waals surface area contributed by atoms with E-state index in [1.807, 2.05) is 19.1 Å². The van der Waals surface area contributed by atoms with Crippen molar-refractivity contribution < 1.29 is 13.7 Å². The molecule has 0 aliphatic heterocycles. The third-order valence-electron chi connectivity index (χ3n) is 3.78. The van der Waals surface area contributed by atoms with E-state index in [2.05, 4.69) is 38.2 Å². The van der Waals surface area contributed by atoms with E-state index in [4.69, 9.17) is 4.74 Å². The van der Waals surface area contributed by atoms with E-state index in [9.17, 15) is 9.00 Å². The number of hydrogen-bond donors (Lipinski definition) is 1. The molecule has 0 aliphatic rings. The molecule has 136 valence electrons. The standard InChI is InChI=1S/C19H31NO3S/c1-15(12-14-24(5)22)20-18(21)7-6-13-23-17-10-8-16(9-11-17)19(2,3)4/h8-11,15H,6-7,12-14H2,1-5H3,(H,20,21)/t15-,24-/m0/s1.